The number of rotatable bonds is 5. The van der Waals surface area contributed by atoms with Gasteiger partial charge in [0.2, 0.25) is 5.91 Å². The highest BCUT2D eigenvalue weighted by Gasteiger charge is 2.33. The molecule has 1 aromatic carbocycles. The van der Waals surface area contributed by atoms with Crippen LogP contribution in [-0.4, -0.2) is 60.1 Å². The molecular weight excluding hydrogens is 444 g/mol. The zero-order valence-electron chi connectivity index (χ0n) is 17.9. The lowest BCUT2D eigenvalue weighted by Gasteiger charge is -2.44. The molecular formula is C23H24N4O3S2. The Hall–Kier alpha value is -2.96. The first-order chi connectivity index (χ1) is 15.3. The van der Waals surface area contributed by atoms with Gasteiger partial charge in [-0.25, -0.2) is 18.4 Å². The van der Waals surface area contributed by atoms with Crippen molar-refractivity contribution in [2.24, 2.45) is 0 Å². The topological polar surface area (TPSA) is 83.5 Å². The molecule has 1 saturated heterocycles. The molecule has 0 aliphatic carbocycles. The van der Waals surface area contributed by atoms with Crippen molar-refractivity contribution in [1.82, 2.24) is 14.9 Å². The number of piperazine rings is 1. The quantitative estimate of drug-likeness (QED) is 0.536. The Labute approximate surface area is 192 Å². The summed E-state index contributed by atoms with van der Waals surface area (Å²) in [6.45, 7) is 5.12. The Morgan fingerprint density at radius 3 is 2.72 bits per heavy atom. The molecule has 2 aromatic heterocycles. The van der Waals surface area contributed by atoms with Crippen LogP contribution in [0.15, 0.2) is 46.9 Å². The molecule has 0 radical (unpaired) electrons. The number of nitrogens with zero attached hydrogens (tertiary/aromatic N) is 4. The Morgan fingerprint density at radius 2 is 2.00 bits per heavy atom. The zero-order chi connectivity index (χ0) is 22.9. The number of fused-ring (bicyclic) bond motifs is 1. The lowest BCUT2D eigenvalue weighted by molar-refractivity contribution is -0.133. The largest absolute Gasteiger partial charge is 0.350 e. The molecule has 32 heavy (non-hydrogen) atoms. The SMILES string of the molecule is C#Cc1ccc(N2CC(C)N(C(=O)CCS(=O)(=O)c3cccc4ncsc34)C[C@H]2C)nc1. The molecule has 7 nitrogen and oxygen atoms in total. The molecule has 0 saturated carbocycles. The van der Waals surface area contributed by atoms with Crippen LogP contribution in [-0.2, 0) is 14.6 Å². The summed E-state index contributed by atoms with van der Waals surface area (Å²) in [4.78, 5) is 25.8. The van der Waals surface area contributed by atoms with E-state index in [2.05, 4.69) is 20.8 Å². The maximum absolute atomic E-state index is 13.0. The van der Waals surface area contributed by atoms with Gasteiger partial charge >= 0.3 is 0 Å². The van der Waals surface area contributed by atoms with Gasteiger partial charge in [-0.3, -0.25) is 4.79 Å². The third-order valence-corrected chi connectivity index (χ3v) is 8.51. The first kappa shape index (κ1) is 22.2. The van der Waals surface area contributed by atoms with Gasteiger partial charge in [0, 0.05) is 43.4 Å². The Bertz CT molecular complexity index is 1280. The van der Waals surface area contributed by atoms with Crippen LogP contribution in [0.25, 0.3) is 10.2 Å². The highest BCUT2D eigenvalue weighted by molar-refractivity contribution is 7.91. The highest BCUT2D eigenvalue weighted by atomic mass is 32.2. The fourth-order valence-electron chi connectivity index (χ4n) is 4.01. The van der Waals surface area contributed by atoms with Crippen molar-refractivity contribution >= 4 is 43.1 Å². The van der Waals surface area contributed by atoms with Gasteiger partial charge in [-0.2, -0.15) is 0 Å². The molecule has 2 atom stereocenters. The van der Waals surface area contributed by atoms with Crippen molar-refractivity contribution in [3.63, 3.8) is 0 Å². The van der Waals surface area contributed by atoms with E-state index in [9.17, 15) is 13.2 Å². The second kappa shape index (κ2) is 8.88. The zero-order valence-corrected chi connectivity index (χ0v) is 19.6. The number of anilines is 1. The van der Waals surface area contributed by atoms with Crippen LogP contribution >= 0.6 is 11.3 Å². The number of amides is 1. The second-order valence-corrected chi connectivity index (χ2v) is 10.9. The molecule has 0 bridgehead atoms. The van der Waals surface area contributed by atoms with E-state index in [1.54, 1.807) is 34.8 Å². The van der Waals surface area contributed by atoms with Crippen LogP contribution in [0.5, 0.6) is 0 Å². The Kier molecular flexibility index (Phi) is 6.17. The molecule has 1 unspecified atom stereocenters. The van der Waals surface area contributed by atoms with Crippen LogP contribution in [0.2, 0.25) is 0 Å². The van der Waals surface area contributed by atoms with Crippen molar-refractivity contribution in [3.05, 3.63) is 47.6 Å². The minimum absolute atomic E-state index is 0.0434. The average Bonchev–Trinajstić information content (AvgIpc) is 3.28. The summed E-state index contributed by atoms with van der Waals surface area (Å²) in [7, 11) is -3.60. The number of benzene rings is 1. The van der Waals surface area contributed by atoms with Gasteiger partial charge in [0.1, 0.15) is 5.82 Å². The molecule has 166 valence electrons. The van der Waals surface area contributed by atoms with E-state index >= 15 is 0 Å². The lowest BCUT2D eigenvalue weighted by Crippen LogP contribution is -2.58. The smallest absolute Gasteiger partial charge is 0.223 e. The number of hydrogen-bond donors (Lipinski definition) is 0. The van der Waals surface area contributed by atoms with Crippen LogP contribution in [0.4, 0.5) is 5.82 Å². The van der Waals surface area contributed by atoms with E-state index in [1.807, 2.05) is 26.0 Å². The predicted molar refractivity (Wildman–Crippen MR) is 126 cm³/mol. The maximum atomic E-state index is 13.0. The number of hydrogen-bond acceptors (Lipinski definition) is 7. The fraction of sp³-hybridized carbons (Fsp3) is 0.348. The molecule has 0 N–H and O–H groups in total. The van der Waals surface area contributed by atoms with Crippen LogP contribution in [0.3, 0.4) is 0 Å². The first-order valence-corrected chi connectivity index (χ1v) is 12.9. The normalized spacial score (nSPS) is 19.2. The molecule has 3 aromatic rings. The number of thiazole rings is 1. The van der Waals surface area contributed by atoms with Gasteiger partial charge in [0.25, 0.3) is 0 Å². The Balaban J connectivity index is 1.43. The predicted octanol–water partition coefficient (Wildman–Crippen LogP) is 2.96. The van der Waals surface area contributed by atoms with Crippen LogP contribution < -0.4 is 4.90 Å². The number of terminal acetylenes is 1. The van der Waals surface area contributed by atoms with Gasteiger partial charge in [-0.15, -0.1) is 17.8 Å². The number of sulfone groups is 1. The van der Waals surface area contributed by atoms with Crippen LogP contribution in [0.1, 0.15) is 25.8 Å². The molecule has 9 heteroatoms. The second-order valence-electron chi connectivity index (χ2n) is 7.97. The van der Waals surface area contributed by atoms with E-state index in [4.69, 9.17) is 6.42 Å². The van der Waals surface area contributed by atoms with Crippen molar-refractivity contribution in [2.75, 3.05) is 23.7 Å². The highest BCUT2D eigenvalue weighted by Crippen LogP contribution is 2.28. The average molecular weight is 469 g/mol. The number of aromatic nitrogens is 2. The summed E-state index contributed by atoms with van der Waals surface area (Å²) >= 11 is 1.30. The van der Waals surface area contributed by atoms with Gasteiger partial charge in [-0.05, 0) is 38.1 Å². The van der Waals surface area contributed by atoms with E-state index in [0.29, 0.717) is 23.3 Å². The third kappa shape index (κ3) is 4.33. The molecule has 0 spiro atoms. The molecule has 1 amide bonds. The molecule has 1 aliphatic rings. The number of carbonyl (C=O) groups is 1. The maximum Gasteiger partial charge on any atom is 0.223 e. The van der Waals surface area contributed by atoms with Gasteiger partial charge in [-0.1, -0.05) is 12.0 Å². The number of pyridine rings is 1. The summed E-state index contributed by atoms with van der Waals surface area (Å²) in [5, 5.41) is 0. The van der Waals surface area contributed by atoms with E-state index in [1.165, 1.54) is 11.3 Å². The molecule has 1 fully saturated rings. The number of carbonyl (C=O) groups excluding carboxylic acids is 1. The standard InChI is InChI=1S/C23H24N4O3S2/c1-4-18-8-9-21(24-12-18)26-13-17(3)27(14-16(26)2)22(28)10-11-32(29,30)20-7-5-6-19-23(20)31-15-25-19/h1,5-9,12,15-17H,10-11,13-14H2,2-3H3/t16-,17?/m1/s1. The van der Waals surface area contributed by atoms with E-state index in [-0.39, 0.29) is 35.1 Å². The molecule has 3 heterocycles. The Morgan fingerprint density at radius 1 is 1.19 bits per heavy atom. The fourth-order valence-corrected chi connectivity index (χ4v) is 6.57. The van der Waals surface area contributed by atoms with Crippen molar-refractivity contribution in [3.8, 4) is 12.3 Å². The van der Waals surface area contributed by atoms with Crippen molar-refractivity contribution in [1.29, 1.82) is 0 Å². The van der Waals surface area contributed by atoms with Crippen molar-refractivity contribution in [2.45, 2.75) is 37.2 Å². The monoisotopic (exact) mass is 468 g/mol. The van der Waals surface area contributed by atoms with E-state index in [0.717, 1.165) is 11.4 Å². The summed E-state index contributed by atoms with van der Waals surface area (Å²) in [5.41, 5.74) is 3.01. The molecule has 4 rings (SSSR count). The summed E-state index contributed by atoms with van der Waals surface area (Å²) in [6, 6.07) is 8.77. The first-order valence-electron chi connectivity index (χ1n) is 10.3. The minimum atomic E-state index is -3.60. The van der Waals surface area contributed by atoms with E-state index < -0.39 is 9.84 Å². The molecule has 1 aliphatic heterocycles. The van der Waals surface area contributed by atoms with Gasteiger partial charge < -0.3 is 9.80 Å². The third-order valence-electron chi connectivity index (χ3n) is 5.76. The minimum Gasteiger partial charge on any atom is -0.350 e. The van der Waals surface area contributed by atoms with Gasteiger partial charge in [0.05, 0.1) is 26.4 Å². The van der Waals surface area contributed by atoms with Crippen molar-refractivity contribution < 1.29 is 13.2 Å². The summed E-state index contributed by atoms with van der Waals surface area (Å²) in [6.07, 6.45) is 7.02. The van der Waals surface area contributed by atoms with Gasteiger partial charge in [0.15, 0.2) is 9.84 Å². The lowest BCUT2D eigenvalue weighted by atomic mass is 10.1. The van der Waals surface area contributed by atoms with Crippen LogP contribution in [0, 0.1) is 12.3 Å². The summed E-state index contributed by atoms with van der Waals surface area (Å²) in [5.74, 6) is 3.00. The summed E-state index contributed by atoms with van der Waals surface area (Å²) < 4.78 is 26.5.